The van der Waals surface area contributed by atoms with Crippen LogP contribution in [0.1, 0.15) is 12.0 Å². The molecule has 0 spiro atoms. The molecular formula is C21H26N6O4S. The summed E-state index contributed by atoms with van der Waals surface area (Å²) in [7, 11) is -3.60. The standard InChI is InChI=1S/C21H26N6O4S/c28-21-6-1-16-15-17(2-3-18(16)22-21)32(29,30)27-9-7-25(8-10-27)19-4-5-20(24-23-19)26-11-13-31-14-12-26/h2-5,15H,1,6-14H2,(H,22,28). The van der Waals surface area contributed by atoms with Crippen molar-refractivity contribution >= 4 is 33.3 Å². The Morgan fingerprint density at radius 2 is 1.50 bits per heavy atom. The number of hydrogen-bond donors (Lipinski definition) is 1. The zero-order chi connectivity index (χ0) is 22.1. The lowest BCUT2D eigenvalue weighted by Gasteiger charge is -2.34. The summed E-state index contributed by atoms with van der Waals surface area (Å²) in [6, 6.07) is 8.85. The van der Waals surface area contributed by atoms with Gasteiger partial charge in [-0.3, -0.25) is 4.79 Å². The van der Waals surface area contributed by atoms with Crippen LogP contribution in [-0.2, 0) is 26.0 Å². The van der Waals surface area contributed by atoms with Crippen LogP contribution in [0.5, 0.6) is 0 Å². The lowest BCUT2D eigenvalue weighted by molar-refractivity contribution is -0.116. The van der Waals surface area contributed by atoms with E-state index >= 15 is 0 Å². The van der Waals surface area contributed by atoms with E-state index in [1.807, 2.05) is 12.1 Å². The van der Waals surface area contributed by atoms with Crippen molar-refractivity contribution in [3.05, 3.63) is 35.9 Å². The highest BCUT2D eigenvalue weighted by molar-refractivity contribution is 7.89. The summed E-state index contributed by atoms with van der Waals surface area (Å²) in [4.78, 5) is 16.0. The first-order valence-corrected chi connectivity index (χ1v) is 12.3. The van der Waals surface area contributed by atoms with Crippen LogP contribution in [0, 0.1) is 0 Å². The van der Waals surface area contributed by atoms with Crippen LogP contribution >= 0.6 is 0 Å². The summed E-state index contributed by atoms with van der Waals surface area (Å²) in [6.45, 7) is 4.85. The van der Waals surface area contributed by atoms with Crippen LogP contribution in [0.4, 0.5) is 17.3 Å². The first kappa shape index (κ1) is 21.1. The van der Waals surface area contributed by atoms with Crippen molar-refractivity contribution in [2.24, 2.45) is 0 Å². The summed E-state index contributed by atoms with van der Waals surface area (Å²) in [5.41, 5.74) is 1.56. The van der Waals surface area contributed by atoms with Crippen LogP contribution in [0.25, 0.3) is 0 Å². The Balaban J connectivity index is 1.23. The minimum atomic E-state index is -3.60. The summed E-state index contributed by atoms with van der Waals surface area (Å²) in [5, 5.41) is 11.5. The smallest absolute Gasteiger partial charge is 0.243 e. The van der Waals surface area contributed by atoms with E-state index in [9.17, 15) is 13.2 Å². The number of hydrogen-bond acceptors (Lipinski definition) is 8. The van der Waals surface area contributed by atoms with Gasteiger partial charge in [-0.15, -0.1) is 10.2 Å². The minimum Gasteiger partial charge on any atom is -0.378 e. The fourth-order valence-electron chi connectivity index (χ4n) is 4.27. The third-order valence-electron chi connectivity index (χ3n) is 6.14. The average Bonchev–Trinajstić information content (AvgIpc) is 2.84. The molecule has 4 heterocycles. The van der Waals surface area contributed by atoms with Crippen LogP contribution < -0.4 is 15.1 Å². The number of nitrogens with one attached hydrogen (secondary N) is 1. The maximum Gasteiger partial charge on any atom is 0.243 e. The molecular weight excluding hydrogens is 432 g/mol. The molecule has 0 radical (unpaired) electrons. The van der Waals surface area contributed by atoms with Gasteiger partial charge in [-0.05, 0) is 42.3 Å². The summed E-state index contributed by atoms with van der Waals surface area (Å²) in [5.74, 6) is 1.55. The number of piperazine rings is 1. The van der Waals surface area contributed by atoms with Gasteiger partial charge in [0, 0.05) is 51.4 Å². The van der Waals surface area contributed by atoms with Crippen molar-refractivity contribution in [2.75, 3.05) is 67.6 Å². The summed E-state index contributed by atoms with van der Waals surface area (Å²) < 4.78 is 33.2. The van der Waals surface area contributed by atoms with Gasteiger partial charge in [-0.1, -0.05) is 0 Å². The molecule has 0 atom stereocenters. The molecule has 2 saturated heterocycles. The van der Waals surface area contributed by atoms with Crippen molar-refractivity contribution in [2.45, 2.75) is 17.7 Å². The molecule has 5 rings (SSSR count). The van der Waals surface area contributed by atoms with Gasteiger partial charge in [-0.25, -0.2) is 8.42 Å². The number of fused-ring (bicyclic) bond motifs is 1. The molecule has 1 N–H and O–H groups in total. The molecule has 1 aromatic heterocycles. The number of aryl methyl sites for hydroxylation is 1. The number of benzene rings is 1. The molecule has 2 fully saturated rings. The molecule has 2 aromatic rings. The van der Waals surface area contributed by atoms with Gasteiger partial charge < -0.3 is 19.9 Å². The van der Waals surface area contributed by atoms with E-state index in [0.717, 1.165) is 30.3 Å². The number of sulfonamides is 1. The Morgan fingerprint density at radius 3 is 2.16 bits per heavy atom. The number of morpholine rings is 1. The Bertz CT molecular complexity index is 1090. The molecule has 1 amide bonds. The lowest BCUT2D eigenvalue weighted by Crippen LogP contribution is -2.49. The Kier molecular flexibility index (Phi) is 5.70. The predicted octanol–water partition coefficient (Wildman–Crippen LogP) is 0.709. The van der Waals surface area contributed by atoms with Crippen LogP contribution in [-0.4, -0.2) is 81.3 Å². The van der Waals surface area contributed by atoms with Crippen molar-refractivity contribution < 1.29 is 17.9 Å². The van der Waals surface area contributed by atoms with Crippen molar-refractivity contribution in [3.8, 4) is 0 Å². The van der Waals surface area contributed by atoms with E-state index in [2.05, 4.69) is 25.3 Å². The number of carbonyl (C=O) groups is 1. The fourth-order valence-corrected chi connectivity index (χ4v) is 5.75. The van der Waals surface area contributed by atoms with E-state index in [-0.39, 0.29) is 10.8 Å². The maximum absolute atomic E-state index is 13.2. The highest BCUT2D eigenvalue weighted by Gasteiger charge is 2.30. The summed E-state index contributed by atoms with van der Waals surface area (Å²) in [6.07, 6.45) is 0.929. The normalized spacial score (nSPS) is 20.1. The number of nitrogens with zero attached hydrogens (tertiary/aromatic N) is 5. The molecule has 11 heteroatoms. The highest BCUT2D eigenvalue weighted by atomic mass is 32.2. The fraction of sp³-hybridized carbons (Fsp3) is 0.476. The quantitative estimate of drug-likeness (QED) is 0.714. The maximum atomic E-state index is 13.2. The van der Waals surface area contributed by atoms with Gasteiger partial charge in [-0.2, -0.15) is 4.31 Å². The first-order chi connectivity index (χ1) is 15.5. The van der Waals surface area contributed by atoms with Crippen LogP contribution in [0.3, 0.4) is 0 Å². The monoisotopic (exact) mass is 458 g/mol. The third-order valence-corrected chi connectivity index (χ3v) is 8.04. The van der Waals surface area contributed by atoms with E-state index in [1.165, 1.54) is 4.31 Å². The molecule has 0 saturated carbocycles. The molecule has 3 aliphatic heterocycles. The molecule has 0 bridgehead atoms. The molecule has 10 nitrogen and oxygen atoms in total. The summed E-state index contributed by atoms with van der Waals surface area (Å²) >= 11 is 0. The van der Waals surface area contributed by atoms with Crippen molar-refractivity contribution in [1.82, 2.24) is 14.5 Å². The third kappa shape index (κ3) is 4.15. The lowest BCUT2D eigenvalue weighted by atomic mass is 10.0. The predicted molar refractivity (Wildman–Crippen MR) is 119 cm³/mol. The average molecular weight is 459 g/mol. The van der Waals surface area contributed by atoms with Gasteiger partial charge in [0.05, 0.1) is 18.1 Å². The minimum absolute atomic E-state index is 0.0368. The number of ether oxygens (including phenoxy) is 1. The number of anilines is 3. The second kappa shape index (κ2) is 8.64. The molecule has 0 aliphatic carbocycles. The topological polar surface area (TPSA) is 108 Å². The van der Waals surface area contributed by atoms with Crippen LogP contribution in [0.15, 0.2) is 35.2 Å². The Morgan fingerprint density at radius 1 is 0.844 bits per heavy atom. The van der Waals surface area contributed by atoms with Crippen molar-refractivity contribution in [1.29, 1.82) is 0 Å². The zero-order valence-electron chi connectivity index (χ0n) is 17.7. The van der Waals surface area contributed by atoms with E-state index in [1.54, 1.807) is 18.2 Å². The highest BCUT2D eigenvalue weighted by Crippen LogP contribution is 2.28. The second-order valence-corrected chi connectivity index (χ2v) is 10.0. The Labute approximate surface area is 187 Å². The number of amides is 1. The van der Waals surface area contributed by atoms with E-state index in [4.69, 9.17) is 4.74 Å². The number of carbonyl (C=O) groups excluding carboxylic acids is 1. The van der Waals surface area contributed by atoms with Gasteiger partial charge >= 0.3 is 0 Å². The van der Waals surface area contributed by atoms with Gasteiger partial charge in [0.25, 0.3) is 0 Å². The first-order valence-electron chi connectivity index (χ1n) is 10.8. The number of aromatic nitrogens is 2. The van der Waals surface area contributed by atoms with E-state index < -0.39 is 10.0 Å². The SMILES string of the molecule is O=C1CCc2cc(S(=O)(=O)N3CCN(c4ccc(N5CCOCC5)nn4)CC3)ccc2N1. The van der Waals surface area contributed by atoms with Gasteiger partial charge in [0.1, 0.15) is 0 Å². The zero-order valence-corrected chi connectivity index (χ0v) is 18.6. The second-order valence-electron chi connectivity index (χ2n) is 8.11. The molecule has 3 aliphatic rings. The Hall–Kier alpha value is -2.76. The van der Waals surface area contributed by atoms with Gasteiger partial charge in [0.2, 0.25) is 15.9 Å². The molecule has 170 valence electrons. The largest absolute Gasteiger partial charge is 0.378 e. The van der Waals surface area contributed by atoms with E-state index in [0.29, 0.717) is 57.9 Å². The van der Waals surface area contributed by atoms with Gasteiger partial charge in [0.15, 0.2) is 11.6 Å². The molecule has 1 aromatic carbocycles. The van der Waals surface area contributed by atoms with Crippen molar-refractivity contribution in [3.63, 3.8) is 0 Å². The molecule has 32 heavy (non-hydrogen) atoms. The molecule has 0 unspecified atom stereocenters. The van der Waals surface area contributed by atoms with Crippen LogP contribution in [0.2, 0.25) is 0 Å². The number of rotatable bonds is 4.